The number of ether oxygens (including phenoxy) is 1. The molecule has 18 heavy (non-hydrogen) atoms. The fraction of sp³-hybridized carbons (Fsp3) is 0.273. The zero-order chi connectivity index (χ0) is 13.3. The number of imidazole rings is 1. The number of methoxy groups -OCH3 is 1. The number of carbonyl (C=O) groups excluding carboxylic acids is 1. The molecule has 7 heteroatoms. The molecule has 0 aliphatic heterocycles. The van der Waals surface area contributed by atoms with E-state index < -0.39 is 18.5 Å². The van der Waals surface area contributed by atoms with Crippen molar-refractivity contribution in [3.8, 4) is 5.75 Å². The molecule has 4 nitrogen and oxygen atoms in total. The Kier molecular flexibility index (Phi) is 2.98. The van der Waals surface area contributed by atoms with Crippen molar-refractivity contribution in [3.05, 3.63) is 24.5 Å². The molecule has 0 unspecified atom stereocenters. The third-order valence-electron chi connectivity index (χ3n) is 2.37. The van der Waals surface area contributed by atoms with Gasteiger partial charge in [-0.3, -0.25) is 9.36 Å². The summed E-state index contributed by atoms with van der Waals surface area (Å²) in [7, 11) is 1.47. The molecule has 0 aliphatic rings. The van der Waals surface area contributed by atoms with Crippen molar-refractivity contribution in [2.24, 2.45) is 0 Å². The molecule has 2 rings (SSSR count). The number of carbonyl (C=O) groups is 1. The third-order valence-corrected chi connectivity index (χ3v) is 2.37. The topological polar surface area (TPSA) is 44.1 Å². The molecular weight excluding hydrogens is 249 g/mol. The van der Waals surface area contributed by atoms with E-state index in [-0.39, 0.29) is 0 Å². The van der Waals surface area contributed by atoms with Gasteiger partial charge in [0.15, 0.2) is 0 Å². The monoisotopic (exact) mass is 258 g/mol. The van der Waals surface area contributed by atoms with Crippen molar-refractivity contribution in [1.82, 2.24) is 9.55 Å². The van der Waals surface area contributed by atoms with Gasteiger partial charge in [-0.15, -0.1) is 0 Å². The van der Waals surface area contributed by atoms with Crippen molar-refractivity contribution in [3.63, 3.8) is 0 Å². The highest BCUT2D eigenvalue weighted by atomic mass is 19.4. The summed E-state index contributed by atoms with van der Waals surface area (Å²) < 4.78 is 42.3. The largest absolute Gasteiger partial charge is 0.497 e. The average molecular weight is 258 g/mol. The number of hydrogen-bond donors (Lipinski definition) is 0. The van der Waals surface area contributed by atoms with Gasteiger partial charge >= 0.3 is 6.18 Å². The van der Waals surface area contributed by atoms with Gasteiger partial charge < -0.3 is 4.74 Å². The fourth-order valence-electron chi connectivity index (χ4n) is 1.57. The Bertz CT molecular complexity index is 589. The molecule has 96 valence electrons. The standard InChI is InChI=1S/C11H9F3N2O2/c1-18-7-2-3-9-8(4-7)15-6-16(9)10(17)5-11(12,13)14/h2-4,6H,5H2,1H3. The Labute approximate surface area is 100.0 Å². The van der Waals surface area contributed by atoms with Gasteiger partial charge in [0.2, 0.25) is 5.91 Å². The second kappa shape index (κ2) is 4.32. The van der Waals surface area contributed by atoms with Crippen molar-refractivity contribution < 1.29 is 22.7 Å². The summed E-state index contributed by atoms with van der Waals surface area (Å²) in [6.07, 6.45) is -4.96. The van der Waals surface area contributed by atoms with Gasteiger partial charge in [0.25, 0.3) is 0 Å². The van der Waals surface area contributed by atoms with Gasteiger partial charge in [0.05, 0.1) is 18.1 Å². The Hall–Kier alpha value is -2.05. The fourth-order valence-corrected chi connectivity index (χ4v) is 1.57. The van der Waals surface area contributed by atoms with Crippen LogP contribution in [-0.4, -0.2) is 28.7 Å². The van der Waals surface area contributed by atoms with Gasteiger partial charge in [0, 0.05) is 6.07 Å². The molecule has 0 bridgehead atoms. The summed E-state index contributed by atoms with van der Waals surface area (Å²) >= 11 is 0. The molecular formula is C11H9F3N2O2. The van der Waals surface area contributed by atoms with Gasteiger partial charge in [0.1, 0.15) is 18.5 Å². The van der Waals surface area contributed by atoms with Crippen LogP contribution in [0.25, 0.3) is 11.0 Å². The maximum Gasteiger partial charge on any atom is 0.397 e. The maximum atomic E-state index is 12.1. The molecule has 0 atom stereocenters. The van der Waals surface area contributed by atoms with Crippen molar-refractivity contribution in [1.29, 1.82) is 0 Å². The molecule has 2 aromatic rings. The van der Waals surface area contributed by atoms with Gasteiger partial charge in [-0.05, 0) is 12.1 Å². The Balaban J connectivity index is 2.38. The van der Waals surface area contributed by atoms with E-state index in [2.05, 4.69) is 4.98 Å². The minimum Gasteiger partial charge on any atom is -0.497 e. The minimum atomic E-state index is -4.53. The van der Waals surface area contributed by atoms with Gasteiger partial charge in [-0.1, -0.05) is 0 Å². The molecule has 0 saturated carbocycles. The number of benzene rings is 1. The van der Waals surface area contributed by atoms with Gasteiger partial charge in [-0.25, -0.2) is 4.98 Å². The Morgan fingerprint density at radius 3 is 2.78 bits per heavy atom. The number of hydrogen-bond acceptors (Lipinski definition) is 3. The first-order valence-corrected chi connectivity index (χ1v) is 5.02. The zero-order valence-corrected chi connectivity index (χ0v) is 9.36. The van der Waals surface area contributed by atoms with Crippen LogP contribution in [0.2, 0.25) is 0 Å². The number of alkyl halides is 3. The van der Waals surface area contributed by atoms with E-state index >= 15 is 0 Å². The first kappa shape index (κ1) is 12.4. The summed E-state index contributed by atoms with van der Waals surface area (Å²) in [5.41, 5.74) is 0.731. The van der Waals surface area contributed by atoms with E-state index in [1.807, 2.05) is 0 Å². The van der Waals surface area contributed by atoms with Crippen LogP contribution in [0.3, 0.4) is 0 Å². The summed E-state index contributed by atoms with van der Waals surface area (Å²) in [6, 6.07) is 4.60. The molecule has 0 spiro atoms. The van der Waals surface area contributed by atoms with Crippen molar-refractivity contribution in [2.75, 3.05) is 7.11 Å². The van der Waals surface area contributed by atoms with E-state index in [4.69, 9.17) is 4.74 Å². The molecule has 0 aliphatic carbocycles. The first-order chi connectivity index (χ1) is 8.40. The van der Waals surface area contributed by atoms with E-state index in [1.54, 1.807) is 12.1 Å². The lowest BCUT2D eigenvalue weighted by atomic mass is 10.3. The SMILES string of the molecule is COc1ccc2c(c1)ncn2C(=O)CC(F)(F)F. The third kappa shape index (κ3) is 2.44. The van der Waals surface area contributed by atoms with Crippen molar-refractivity contribution >= 4 is 16.9 Å². The molecule has 0 radical (unpaired) electrons. The highest BCUT2D eigenvalue weighted by Crippen LogP contribution is 2.23. The lowest BCUT2D eigenvalue weighted by Crippen LogP contribution is -2.19. The summed E-state index contributed by atoms with van der Waals surface area (Å²) in [5.74, 6) is -0.536. The summed E-state index contributed by atoms with van der Waals surface area (Å²) in [4.78, 5) is 15.3. The number of rotatable bonds is 2. The highest BCUT2D eigenvalue weighted by Gasteiger charge is 2.32. The van der Waals surface area contributed by atoms with Crippen LogP contribution >= 0.6 is 0 Å². The van der Waals surface area contributed by atoms with Crippen LogP contribution in [0.4, 0.5) is 13.2 Å². The van der Waals surface area contributed by atoms with Gasteiger partial charge in [-0.2, -0.15) is 13.2 Å². The number of halogens is 3. The lowest BCUT2D eigenvalue weighted by molar-refractivity contribution is -0.126. The van der Waals surface area contributed by atoms with Crippen LogP contribution in [-0.2, 0) is 0 Å². The van der Waals surface area contributed by atoms with Crippen LogP contribution in [0.15, 0.2) is 24.5 Å². The van der Waals surface area contributed by atoms with Crippen LogP contribution in [0, 0.1) is 0 Å². The van der Waals surface area contributed by atoms with Crippen molar-refractivity contribution in [2.45, 2.75) is 12.6 Å². The Morgan fingerprint density at radius 2 is 2.17 bits per heavy atom. The second-order valence-electron chi connectivity index (χ2n) is 3.65. The molecule has 0 amide bonds. The number of aromatic nitrogens is 2. The minimum absolute atomic E-state index is 0.324. The van der Waals surface area contributed by atoms with E-state index in [1.165, 1.54) is 13.2 Å². The smallest absolute Gasteiger partial charge is 0.397 e. The predicted molar refractivity (Wildman–Crippen MR) is 57.6 cm³/mol. The van der Waals surface area contributed by atoms with E-state index in [0.29, 0.717) is 16.8 Å². The molecule has 0 N–H and O–H groups in total. The van der Waals surface area contributed by atoms with Crippen LogP contribution in [0.5, 0.6) is 5.75 Å². The quantitative estimate of drug-likeness (QED) is 0.831. The second-order valence-corrected chi connectivity index (χ2v) is 3.65. The average Bonchev–Trinajstić information content (AvgIpc) is 2.69. The molecule has 1 aromatic heterocycles. The summed E-state index contributed by atoms with van der Waals surface area (Å²) in [6.45, 7) is 0. The normalized spacial score (nSPS) is 11.8. The zero-order valence-electron chi connectivity index (χ0n) is 9.36. The molecule has 0 saturated heterocycles. The number of nitrogens with zero attached hydrogens (tertiary/aromatic N) is 2. The predicted octanol–water partition coefficient (Wildman–Crippen LogP) is 2.64. The Morgan fingerprint density at radius 1 is 1.44 bits per heavy atom. The first-order valence-electron chi connectivity index (χ1n) is 5.02. The molecule has 1 aromatic carbocycles. The maximum absolute atomic E-state index is 12.1. The highest BCUT2D eigenvalue weighted by molar-refractivity contribution is 5.90. The van der Waals surface area contributed by atoms with Crippen LogP contribution < -0.4 is 4.74 Å². The molecule has 0 fully saturated rings. The summed E-state index contributed by atoms with van der Waals surface area (Å²) in [5, 5.41) is 0. The molecule has 1 heterocycles. The van der Waals surface area contributed by atoms with Crippen LogP contribution in [0.1, 0.15) is 11.2 Å². The number of fused-ring (bicyclic) bond motifs is 1. The lowest BCUT2D eigenvalue weighted by Gasteiger charge is -2.06. The van der Waals surface area contributed by atoms with E-state index in [9.17, 15) is 18.0 Å². The van der Waals surface area contributed by atoms with E-state index in [0.717, 1.165) is 10.9 Å².